The van der Waals surface area contributed by atoms with E-state index in [-0.39, 0.29) is 36.6 Å². The number of hydrogen-bond acceptors (Lipinski definition) is 5. The second kappa shape index (κ2) is 9.82. The fraction of sp³-hybridized carbons (Fsp3) is 0.667. The van der Waals surface area contributed by atoms with Crippen LogP contribution in [0.25, 0.3) is 0 Å². The first-order valence-corrected chi connectivity index (χ1v) is 11.1. The number of esters is 1. The number of carbonyl (C=O) groups is 2. The lowest BCUT2D eigenvalue weighted by atomic mass is 9.73. The van der Waals surface area contributed by atoms with E-state index in [9.17, 15) is 14.7 Å². The normalized spacial score (nSPS) is 26.9. The fourth-order valence-corrected chi connectivity index (χ4v) is 5.05. The number of aliphatic hydroxyl groups is 1. The van der Waals surface area contributed by atoms with Gasteiger partial charge in [-0.15, -0.1) is 0 Å². The minimum Gasteiger partial charge on any atom is -0.482 e. The Bertz CT molecular complexity index is 760. The Morgan fingerprint density at radius 1 is 1.23 bits per heavy atom. The topological polar surface area (TPSA) is 93.1 Å². The van der Waals surface area contributed by atoms with E-state index in [1.54, 1.807) is 0 Å². The molecule has 1 saturated carbocycles. The first-order chi connectivity index (χ1) is 14.3. The van der Waals surface area contributed by atoms with Crippen molar-refractivity contribution in [3.63, 3.8) is 0 Å². The SMILES string of the molecule is CC[C@@H](C)C(=O)O[C@@H](C)CC[C@H]1[C@H](O)CC2Cc3c(cccc3OCC(=O)O)C[C@@H]21. The van der Waals surface area contributed by atoms with Crippen molar-refractivity contribution in [1.82, 2.24) is 0 Å². The molecule has 6 nitrogen and oxygen atoms in total. The summed E-state index contributed by atoms with van der Waals surface area (Å²) >= 11 is 0. The summed E-state index contributed by atoms with van der Waals surface area (Å²) in [4.78, 5) is 22.9. The number of aliphatic hydroxyl groups excluding tert-OH is 1. The zero-order valence-electron chi connectivity index (χ0n) is 18.2. The molecule has 0 saturated heterocycles. The molecular weight excluding hydrogens is 384 g/mol. The molecule has 0 amide bonds. The van der Waals surface area contributed by atoms with E-state index in [1.165, 1.54) is 5.56 Å². The maximum absolute atomic E-state index is 12.0. The highest BCUT2D eigenvalue weighted by molar-refractivity contribution is 5.72. The van der Waals surface area contributed by atoms with E-state index in [0.717, 1.165) is 44.1 Å². The van der Waals surface area contributed by atoms with Gasteiger partial charge in [0, 0.05) is 0 Å². The molecule has 2 aliphatic rings. The Labute approximate surface area is 178 Å². The minimum absolute atomic E-state index is 0.0821. The summed E-state index contributed by atoms with van der Waals surface area (Å²) in [5.41, 5.74) is 2.28. The molecule has 166 valence electrons. The molecule has 1 unspecified atom stereocenters. The number of hydrogen-bond donors (Lipinski definition) is 2. The van der Waals surface area contributed by atoms with Gasteiger partial charge < -0.3 is 19.7 Å². The Hall–Kier alpha value is -2.08. The number of rotatable bonds is 9. The molecule has 2 aliphatic carbocycles. The van der Waals surface area contributed by atoms with Gasteiger partial charge in [-0.2, -0.15) is 0 Å². The molecule has 0 bridgehead atoms. The average molecular weight is 419 g/mol. The van der Waals surface area contributed by atoms with Crippen molar-refractivity contribution in [2.75, 3.05) is 6.61 Å². The Balaban J connectivity index is 1.62. The van der Waals surface area contributed by atoms with Gasteiger partial charge in [0.15, 0.2) is 6.61 Å². The van der Waals surface area contributed by atoms with Crippen LogP contribution in [0, 0.1) is 23.7 Å². The van der Waals surface area contributed by atoms with Crippen molar-refractivity contribution in [1.29, 1.82) is 0 Å². The maximum atomic E-state index is 12.0. The third-order valence-electron chi connectivity index (χ3n) is 6.94. The van der Waals surface area contributed by atoms with Gasteiger partial charge in [0.1, 0.15) is 5.75 Å². The molecular formula is C24H34O6. The largest absolute Gasteiger partial charge is 0.482 e. The minimum atomic E-state index is -0.985. The summed E-state index contributed by atoms with van der Waals surface area (Å²) in [6.07, 6.45) is 4.29. The van der Waals surface area contributed by atoms with Crippen molar-refractivity contribution >= 4 is 11.9 Å². The Morgan fingerprint density at radius 3 is 2.70 bits per heavy atom. The molecule has 3 rings (SSSR count). The van der Waals surface area contributed by atoms with Gasteiger partial charge in [0.05, 0.1) is 18.1 Å². The lowest BCUT2D eigenvalue weighted by Crippen LogP contribution is -2.28. The molecule has 1 aromatic carbocycles. The van der Waals surface area contributed by atoms with Crippen LogP contribution in [0.4, 0.5) is 0 Å². The van der Waals surface area contributed by atoms with E-state index in [0.29, 0.717) is 17.6 Å². The van der Waals surface area contributed by atoms with Crippen LogP contribution < -0.4 is 4.74 Å². The van der Waals surface area contributed by atoms with Gasteiger partial charge in [-0.05, 0) is 80.4 Å². The second-order valence-corrected chi connectivity index (χ2v) is 9.01. The van der Waals surface area contributed by atoms with Crippen molar-refractivity contribution in [2.24, 2.45) is 23.7 Å². The van der Waals surface area contributed by atoms with Gasteiger partial charge in [-0.1, -0.05) is 26.0 Å². The van der Waals surface area contributed by atoms with E-state index < -0.39 is 5.97 Å². The van der Waals surface area contributed by atoms with Gasteiger partial charge in [-0.3, -0.25) is 4.79 Å². The van der Waals surface area contributed by atoms with E-state index in [1.807, 2.05) is 32.9 Å². The summed E-state index contributed by atoms with van der Waals surface area (Å²) in [5.74, 6) is 0.385. The highest BCUT2D eigenvalue weighted by atomic mass is 16.5. The third-order valence-corrected chi connectivity index (χ3v) is 6.94. The van der Waals surface area contributed by atoms with Gasteiger partial charge in [0.2, 0.25) is 0 Å². The zero-order valence-corrected chi connectivity index (χ0v) is 18.2. The van der Waals surface area contributed by atoms with Crippen LogP contribution in [-0.4, -0.2) is 41.0 Å². The van der Waals surface area contributed by atoms with Crippen LogP contribution in [0.3, 0.4) is 0 Å². The fourth-order valence-electron chi connectivity index (χ4n) is 5.05. The Kier molecular flexibility index (Phi) is 7.40. The number of aliphatic carboxylic acids is 1. The van der Waals surface area contributed by atoms with Crippen molar-refractivity contribution in [3.8, 4) is 5.75 Å². The van der Waals surface area contributed by atoms with E-state index in [4.69, 9.17) is 14.6 Å². The zero-order chi connectivity index (χ0) is 21.8. The number of carboxylic acid groups (broad SMARTS) is 1. The van der Waals surface area contributed by atoms with Crippen LogP contribution in [0.15, 0.2) is 18.2 Å². The summed E-state index contributed by atoms with van der Waals surface area (Å²) in [6, 6.07) is 5.82. The highest BCUT2D eigenvalue weighted by Crippen LogP contribution is 2.48. The molecule has 0 radical (unpaired) electrons. The standard InChI is InChI=1S/C24H34O6/c1-4-14(2)24(28)30-15(3)8-9-18-19-10-16-6-5-7-22(29-13-23(26)27)20(16)11-17(19)12-21(18)25/h5-7,14-15,17-19,21,25H,4,8-13H2,1-3H3,(H,26,27)/t14-,15+,17?,18-,19+,21-/m1/s1. The van der Waals surface area contributed by atoms with Crippen LogP contribution in [0.2, 0.25) is 0 Å². The number of benzene rings is 1. The summed E-state index contributed by atoms with van der Waals surface area (Å²) in [6.45, 7) is 5.45. The predicted molar refractivity (Wildman–Crippen MR) is 112 cm³/mol. The van der Waals surface area contributed by atoms with Crippen molar-refractivity contribution < 1.29 is 29.3 Å². The molecule has 0 heterocycles. The lowest BCUT2D eigenvalue weighted by molar-refractivity contribution is -0.153. The number of fused-ring (bicyclic) bond motifs is 2. The quantitative estimate of drug-likeness (QED) is 0.595. The molecule has 0 aliphatic heterocycles. The molecule has 1 aromatic rings. The molecule has 30 heavy (non-hydrogen) atoms. The van der Waals surface area contributed by atoms with Gasteiger partial charge in [-0.25, -0.2) is 4.79 Å². The molecule has 1 fully saturated rings. The number of ether oxygens (including phenoxy) is 2. The summed E-state index contributed by atoms with van der Waals surface area (Å²) in [5, 5.41) is 19.7. The lowest BCUT2D eigenvalue weighted by Gasteiger charge is -2.32. The maximum Gasteiger partial charge on any atom is 0.341 e. The van der Waals surface area contributed by atoms with Crippen LogP contribution >= 0.6 is 0 Å². The first kappa shape index (κ1) is 22.6. The highest BCUT2D eigenvalue weighted by Gasteiger charge is 2.45. The summed E-state index contributed by atoms with van der Waals surface area (Å²) in [7, 11) is 0. The van der Waals surface area contributed by atoms with Crippen LogP contribution in [0.1, 0.15) is 57.6 Å². The van der Waals surface area contributed by atoms with E-state index >= 15 is 0 Å². The first-order valence-electron chi connectivity index (χ1n) is 11.1. The van der Waals surface area contributed by atoms with Crippen molar-refractivity contribution in [2.45, 2.75) is 71.5 Å². The average Bonchev–Trinajstić information content (AvgIpc) is 3.02. The van der Waals surface area contributed by atoms with Crippen molar-refractivity contribution in [3.05, 3.63) is 29.3 Å². The summed E-state index contributed by atoms with van der Waals surface area (Å²) < 4.78 is 11.1. The molecule has 0 aromatic heterocycles. The van der Waals surface area contributed by atoms with Crippen LogP contribution in [0.5, 0.6) is 5.75 Å². The van der Waals surface area contributed by atoms with Gasteiger partial charge >= 0.3 is 11.9 Å². The number of carboxylic acids is 1. The number of carbonyl (C=O) groups excluding carboxylic acids is 1. The smallest absolute Gasteiger partial charge is 0.341 e. The monoisotopic (exact) mass is 418 g/mol. The second-order valence-electron chi connectivity index (χ2n) is 9.01. The molecule has 6 heteroatoms. The third kappa shape index (κ3) is 5.15. The predicted octanol–water partition coefficient (Wildman–Crippen LogP) is 3.62. The molecule has 2 N–H and O–H groups in total. The van der Waals surface area contributed by atoms with E-state index in [2.05, 4.69) is 6.07 Å². The van der Waals surface area contributed by atoms with Gasteiger partial charge in [0.25, 0.3) is 0 Å². The van der Waals surface area contributed by atoms with Crippen LogP contribution in [-0.2, 0) is 27.2 Å². The molecule has 0 spiro atoms. The molecule has 6 atom stereocenters. The Morgan fingerprint density at radius 2 is 2.00 bits per heavy atom.